The van der Waals surface area contributed by atoms with Crippen molar-refractivity contribution in [3.05, 3.63) is 40.9 Å². The van der Waals surface area contributed by atoms with Gasteiger partial charge in [-0.1, -0.05) is 6.92 Å². The zero-order chi connectivity index (χ0) is 18.8. The van der Waals surface area contributed by atoms with Crippen molar-refractivity contribution >= 4 is 21.9 Å². The molecule has 1 aromatic heterocycles. The molecule has 2 atom stereocenters. The Hall–Kier alpha value is -2.22. The predicted molar refractivity (Wildman–Crippen MR) is 107 cm³/mol. The van der Waals surface area contributed by atoms with E-state index in [0.717, 1.165) is 47.0 Å². The van der Waals surface area contributed by atoms with Crippen molar-refractivity contribution in [2.24, 2.45) is 10.9 Å². The topological polar surface area (TPSA) is 63.9 Å². The zero-order valence-corrected chi connectivity index (χ0v) is 17.1. The molecule has 0 amide bonds. The van der Waals surface area contributed by atoms with Crippen LogP contribution in [0.15, 0.2) is 40.3 Å². The SMILES string of the molecule is CN=C(NCc1cc(Br)c2c(c1)OCO2)N1CCC(C)C(n2ccnc2)C1. The summed E-state index contributed by atoms with van der Waals surface area (Å²) in [6, 6.07) is 4.47. The third-order valence-electron chi connectivity index (χ3n) is 5.28. The lowest BCUT2D eigenvalue weighted by Crippen LogP contribution is -2.48. The summed E-state index contributed by atoms with van der Waals surface area (Å²) in [5.41, 5.74) is 1.11. The van der Waals surface area contributed by atoms with Crippen LogP contribution in [0.2, 0.25) is 0 Å². The average Bonchev–Trinajstić information content (AvgIpc) is 3.35. The molecule has 0 spiro atoms. The van der Waals surface area contributed by atoms with Crippen LogP contribution in [-0.2, 0) is 6.54 Å². The lowest BCUT2D eigenvalue weighted by Gasteiger charge is -2.39. The second-order valence-corrected chi connectivity index (χ2v) is 7.86. The third kappa shape index (κ3) is 3.76. The molecular formula is C19H24BrN5O2. The first-order chi connectivity index (χ1) is 13.2. The number of guanidine groups is 1. The molecular weight excluding hydrogens is 410 g/mol. The van der Waals surface area contributed by atoms with E-state index in [4.69, 9.17) is 9.47 Å². The van der Waals surface area contributed by atoms with E-state index in [1.807, 2.05) is 31.8 Å². The minimum Gasteiger partial charge on any atom is -0.454 e. The Bertz CT molecular complexity index is 824. The highest BCUT2D eigenvalue weighted by Gasteiger charge is 2.29. The Morgan fingerprint density at radius 2 is 2.30 bits per heavy atom. The van der Waals surface area contributed by atoms with Gasteiger partial charge in [0.1, 0.15) is 0 Å². The minimum atomic E-state index is 0.272. The maximum atomic E-state index is 5.51. The Morgan fingerprint density at radius 1 is 1.41 bits per heavy atom. The van der Waals surface area contributed by atoms with Gasteiger partial charge in [-0.25, -0.2) is 4.98 Å². The highest BCUT2D eigenvalue weighted by Crippen LogP contribution is 2.40. The highest BCUT2D eigenvalue weighted by atomic mass is 79.9. The van der Waals surface area contributed by atoms with E-state index in [-0.39, 0.29) is 6.79 Å². The normalized spacial score (nSPS) is 22.2. The van der Waals surface area contributed by atoms with Gasteiger partial charge in [-0.2, -0.15) is 0 Å². The number of ether oxygens (including phenoxy) is 2. The van der Waals surface area contributed by atoms with Crippen LogP contribution in [0.25, 0.3) is 0 Å². The fourth-order valence-corrected chi connectivity index (χ4v) is 4.34. The van der Waals surface area contributed by atoms with Gasteiger partial charge in [0.25, 0.3) is 0 Å². The summed E-state index contributed by atoms with van der Waals surface area (Å²) in [5.74, 6) is 3.08. The first kappa shape index (κ1) is 18.2. The lowest BCUT2D eigenvalue weighted by molar-refractivity contribution is 0.173. The Morgan fingerprint density at radius 3 is 3.07 bits per heavy atom. The Labute approximate surface area is 167 Å². The monoisotopic (exact) mass is 433 g/mol. The van der Waals surface area contributed by atoms with Crippen LogP contribution in [0.4, 0.5) is 0 Å². The molecule has 0 bridgehead atoms. The quantitative estimate of drug-likeness (QED) is 0.595. The van der Waals surface area contributed by atoms with Gasteiger partial charge in [0.2, 0.25) is 6.79 Å². The smallest absolute Gasteiger partial charge is 0.231 e. The van der Waals surface area contributed by atoms with Gasteiger partial charge in [0, 0.05) is 39.1 Å². The molecule has 0 aliphatic carbocycles. The van der Waals surface area contributed by atoms with E-state index in [0.29, 0.717) is 18.5 Å². The summed E-state index contributed by atoms with van der Waals surface area (Å²) in [6.07, 6.45) is 6.92. The number of nitrogens with one attached hydrogen (secondary N) is 1. The van der Waals surface area contributed by atoms with E-state index in [1.54, 1.807) is 0 Å². The van der Waals surface area contributed by atoms with Crippen LogP contribution in [-0.4, -0.2) is 47.3 Å². The van der Waals surface area contributed by atoms with E-state index >= 15 is 0 Å². The number of likely N-dealkylation sites (tertiary alicyclic amines) is 1. The number of hydrogen-bond donors (Lipinski definition) is 1. The molecule has 1 aromatic carbocycles. The average molecular weight is 434 g/mol. The number of fused-ring (bicyclic) bond motifs is 1. The van der Waals surface area contributed by atoms with Gasteiger partial charge >= 0.3 is 0 Å². The molecule has 7 nitrogen and oxygen atoms in total. The van der Waals surface area contributed by atoms with Crippen molar-refractivity contribution < 1.29 is 9.47 Å². The standard InChI is InChI=1S/C19H24BrN5O2/c1-13-3-5-24(10-16(13)25-6-4-22-11-25)19(21-2)23-9-14-7-15(20)18-17(8-14)26-12-27-18/h4,6-8,11,13,16H,3,5,9-10,12H2,1-2H3,(H,21,23). The van der Waals surface area contributed by atoms with Crippen molar-refractivity contribution in [1.29, 1.82) is 0 Å². The van der Waals surface area contributed by atoms with Crippen molar-refractivity contribution in [2.75, 3.05) is 26.9 Å². The maximum absolute atomic E-state index is 5.51. The van der Waals surface area contributed by atoms with Gasteiger partial charge in [0.15, 0.2) is 17.5 Å². The van der Waals surface area contributed by atoms with Gasteiger partial charge in [-0.3, -0.25) is 4.99 Å². The van der Waals surface area contributed by atoms with E-state index in [1.165, 1.54) is 0 Å². The van der Waals surface area contributed by atoms with Gasteiger partial charge in [-0.05, 0) is 46.0 Å². The summed E-state index contributed by atoms with van der Waals surface area (Å²) in [6.45, 7) is 5.17. The van der Waals surface area contributed by atoms with Crippen LogP contribution < -0.4 is 14.8 Å². The molecule has 3 heterocycles. The van der Waals surface area contributed by atoms with Crippen molar-refractivity contribution in [2.45, 2.75) is 25.9 Å². The lowest BCUT2D eigenvalue weighted by atomic mass is 9.93. The van der Waals surface area contributed by atoms with E-state index in [9.17, 15) is 0 Å². The number of aromatic nitrogens is 2. The predicted octanol–water partition coefficient (Wildman–Crippen LogP) is 3.03. The number of imidazole rings is 1. The second-order valence-electron chi connectivity index (χ2n) is 7.00. The molecule has 0 saturated carbocycles. The van der Waals surface area contributed by atoms with Crippen LogP contribution in [0.3, 0.4) is 0 Å². The van der Waals surface area contributed by atoms with Gasteiger partial charge in [0.05, 0.1) is 16.8 Å². The molecule has 2 aromatic rings. The molecule has 144 valence electrons. The summed E-state index contributed by atoms with van der Waals surface area (Å²) in [4.78, 5) is 11.0. The fourth-order valence-electron chi connectivity index (χ4n) is 3.73. The number of aliphatic imine (C=N–C) groups is 1. The van der Waals surface area contributed by atoms with Gasteiger partial charge < -0.3 is 24.3 Å². The summed E-state index contributed by atoms with van der Waals surface area (Å²) in [7, 11) is 1.84. The molecule has 1 saturated heterocycles. The van der Waals surface area contributed by atoms with Crippen molar-refractivity contribution in [3.63, 3.8) is 0 Å². The molecule has 1 N–H and O–H groups in total. The summed E-state index contributed by atoms with van der Waals surface area (Å²) >= 11 is 3.55. The van der Waals surface area contributed by atoms with E-state index in [2.05, 4.69) is 53.7 Å². The third-order valence-corrected chi connectivity index (χ3v) is 5.86. The Balaban J connectivity index is 1.43. The fraction of sp³-hybridized carbons (Fsp3) is 0.474. The molecule has 2 unspecified atom stereocenters. The molecule has 0 radical (unpaired) electrons. The second kappa shape index (κ2) is 7.80. The molecule has 2 aliphatic heterocycles. The molecule has 1 fully saturated rings. The number of rotatable bonds is 3. The van der Waals surface area contributed by atoms with Crippen LogP contribution >= 0.6 is 15.9 Å². The number of piperidine rings is 1. The summed E-state index contributed by atoms with van der Waals surface area (Å²) in [5, 5.41) is 3.49. The number of hydrogen-bond acceptors (Lipinski definition) is 4. The van der Waals surface area contributed by atoms with Crippen LogP contribution in [0.1, 0.15) is 24.9 Å². The molecule has 2 aliphatic rings. The van der Waals surface area contributed by atoms with Crippen molar-refractivity contribution in [3.8, 4) is 11.5 Å². The largest absolute Gasteiger partial charge is 0.454 e. The zero-order valence-electron chi connectivity index (χ0n) is 15.6. The van der Waals surface area contributed by atoms with E-state index < -0.39 is 0 Å². The molecule has 4 rings (SSSR count). The van der Waals surface area contributed by atoms with Crippen LogP contribution in [0, 0.1) is 5.92 Å². The molecule has 8 heteroatoms. The highest BCUT2D eigenvalue weighted by molar-refractivity contribution is 9.10. The Kier molecular flexibility index (Phi) is 5.24. The number of halogens is 1. The number of nitrogens with zero attached hydrogens (tertiary/aromatic N) is 4. The molecule has 27 heavy (non-hydrogen) atoms. The first-order valence-electron chi connectivity index (χ1n) is 9.16. The first-order valence-corrected chi connectivity index (χ1v) is 9.96. The summed E-state index contributed by atoms with van der Waals surface area (Å²) < 4.78 is 14.1. The minimum absolute atomic E-state index is 0.272. The van der Waals surface area contributed by atoms with Gasteiger partial charge in [-0.15, -0.1) is 0 Å². The maximum Gasteiger partial charge on any atom is 0.231 e. The number of benzene rings is 1. The van der Waals surface area contributed by atoms with Crippen LogP contribution in [0.5, 0.6) is 11.5 Å². The van der Waals surface area contributed by atoms with Crippen molar-refractivity contribution in [1.82, 2.24) is 19.8 Å².